The van der Waals surface area contributed by atoms with Crippen molar-refractivity contribution in [3.8, 4) is 0 Å². The van der Waals surface area contributed by atoms with E-state index in [1.807, 2.05) is 30.2 Å². The molecule has 1 aromatic heterocycles. The van der Waals surface area contributed by atoms with E-state index in [1.165, 1.54) is 5.82 Å². The summed E-state index contributed by atoms with van der Waals surface area (Å²) in [5, 5.41) is 0.670. The molecule has 1 aromatic carbocycles. The molecule has 0 radical (unpaired) electrons. The van der Waals surface area contributed by atoms with Crippen LogP contribution in [0.3, 0.4) is 0 Å². The number of benzene rings is 1. The van der Waals surface area contributed by atoms with Crippen molar-refractivity contribution in [3.63, 3.8) is 0 Å². The van der Waals surface area contributed by atoms with E-state index in [4.69, 9.17) is 11.6 Å². The van der Waals surface area contributed by atoms with Gasteiger partial charge in [-0.3, -0.25) is 4.79 Å². The molecular formula is C21H29ClN4O. The second-order valence-corrected chi connectivity index (χ2v) is 8.10. The van der Waals surface area contributed by atoms with Gasteiger partial charge in [0.15, 0.2) is 0 Å². The molecule has 0 unspecified atom stereocenters. The molecule has 27 heavy (non-hydrogen) atoms. The number of aromatic nitrogens is 2. The summed E-state index contributed by atoms with van der Waals surface area (Å²) < 4.78 is 2.29. The van der Waals surface area contributed by atoms with Crippen LogP contribution >= 0.6 is 11.6 Å². The number of carbonyl (C=O) groups is 1. The first kappa shape index (κ1) is 19.9. The fourth-order valence-electron chi connectivity index (χ4n) is 3.81. The third kappa shape index (κ3) is 4.90. The zero-order chi connectivity index (χ0) is 19.4. The molecule has 1 saturated heterocycles. The van der Waals surface area contributed by atoms with Crippen molar-refractivity contribution in [2.24, 2.45) is 0 Å². The van der Waals surface area contributed by atoms with E-state index in [-0.39, 0.29) is 5.91 Å². The van der Waals surface area contributed by atoms with Crippen LogP contribution < -0.4 is 0 Å². The van der Waals surface area contributed by atoms with E-state index in [0.717, 1.165) is 56.6 Å². The Morgan fingerprint density at radius 2 is 2.04 bits per heavy atom. The molecule has 1 aliphatic rings. The summed E-state index contributed by atoms with van der Waals surface area (Å²) >= 11 is 6.01. The normalized spacial score (nSPS) is 15.5. The molecule has 0 bridgehead atoms. The lowest BCUT2D eigenvalue weighted by atomic mass is 9.95. The number of rotatable bonds is 6. The molecule has 1 amide bonds. The molecule has 0 spiro atoms. The summed E-state index contributed by atoms with van der Waals surface area (Å²) in [6.45, 7) is 5.56. The Morgan fingerprint density at radius 3 is 2.70 bits per heavy atom. The highest BCUT2D eigenvalue weighted by molar-refractivity contribution is 6.30. The van der Waals surface area contributed by atoms with Gasteiger partial charge in [0.05, 0.1) is 0 Å². The average molecular weight is 389 g/mol. The maximum Gasteiger partial charge on any atom is 0.254 e. The minimum Gasteiger partial charge on any atom is -0.339 e. The van der Waals surface area contributed by atoms with Crippen molar-refractivity contribution < 1.29 is 4.79 Å². The Kier molecular flexibility index (Phi) is 6.55. The molecule has 2 aromatic rings. The Balaban J connectivity index is 1.59. The van der Waals surface area contributed by atoms with Crippen molar-refractivity contribution in [2.45, 2.75) is 38.6 Å². The molecule has 1 aliphatic heterocycles. The fraction of sp³-hybridized carbons (Fsp3) is 0.524. The Morgan fingerprint density at radius 1 is 1.30 bits per heavy atom. The number of carbonyl (C=O) groups excluding carboxylic acids is 1. The summed E-state index contributed by atoms with van der Waals surface area (Å²) in [5.74, 6) is 1.70. The number of amides is 1. The molecule has 1 fully saturated rings. The van der Waals surface area contributed by atoms with Gasteiger partial charge in [0.2, 0.25) is 0 Å². The second kappa shape index (κ2) is 8.89. The molecule has 146 valence electrons. The minimum absolute atomic E-state index is 0.108. The lowest BCUT2D eigenvalue weighted by Crippen LogP contribution is -2.38. The molecule has 0 atom stereocenters. The van der Waals surface area contributed by atoms with Crippen LogP contribution in [0, 0.1) is 6.92 Å². The third-order valence-electron chi connectivity index (χ3n) is 5.32. The quantitative estimate of drug-likeness (QED) is 0.755. The first-order chi connectivity index (χ1) is 13.0. The molecule has 0 N–H and O–H groups in total. The van der Waals surface area contributed by atoms with Gasteiger partial charge in [0.1, 0.15) is 5.82 Å². The maximum atomic E-state index is 12.9. The monoisotopic (exact) mass is 388 g/mol. The van der Waals surface area contributed by atoms with E-state index >= 15 is 0 Å². The van der Waals surface area contributed by atoms with Gasteiger partial charge in [0, 0.05) is 48.5 Å². The fourth-order valence-corrected chi connectivity index (χ4v) is 4.03. The molecule has 0 aliphatic carbocycles. The summed E-state index contributed by atoms with van der Waals surface area (Å²) in [7, 11) is 4.20. The highest BCUT2D eigenvalue weighted by Gasteiger charge is 2.27. The van der Waals surface area contributed by atoms with Gasteiger partial charge in [-0.1, -0.05) is 11.6 Å². The van der Waals surface area contributed by atoms with E-state index in [1.54, 1.807) is 6.07 Å². The van der Waals surface area contributed by atoms with Crippen LogP contribution in [-0.4, -0.2) is 59.0 Å². The van der Waals surface area contributed by atoms with Gasteiger partial charge in [-0.25, -0.2) is 4.98 Å². The number of likely N-dealkylation sites (tertiary alicyclic amines) is 1. The molecule has 3 rings (SSSR count). The summed E-state index contributed by atoms with van der Waals surface area (Å²) in [5.41, 5.74) is 1.69. The zero-order valence-electron chi connectivity index (χ0n) is 16.5. The Bertz CT molecular complexity index is 778. The topological polar surface area (TPSA) is 41.4 Å². The number of nitrogens with zero attached hydrogens (tertiary/aromatic N) is 4. The lowest BCUT2D eigenvalue weighted by Gasteiger charge is -2.32. The molecule has 6 heteroatoms. The summed E-state index contributed by atoms with van der Waals surface area (Å²) in [6, 6.07) is 5.48. The van der Waals surface area contributed by atoms with Crippen LogP contribution in [0.4, 0.5) is 0 Å². The number of hydrogen-bond acceptors (Lipinski definition) is 3. The van der Waals surface area contributed by atoms with Crippen LogP contribution in [0.25, 0.3) is 0 Å². The predicted octanol–water partition coefficient (Wildman–Crippen LogP) is 3.82. The van der Waals surface area contributed by atoms with Crippen molar-refractivity contribution in [2.75, 3.05) is 33.7 Å². The van der Waals surface area contributed by atoms with Crippen molar-refractivity contribution in [3.05, 3.63) is 52.6 Å². The number of piperidine rings is 1. The van der Waals surface area contributed by atoms with E-state index in [2.05, 4.69) is 34.7 Å². The molecule has 5 nitrogen and oxygen atoms in total. The van der Waals surface area contributed by atoms with Crippen LogP contribution in [-0.2, 0) is 6.54 Å². The summed E-state index contributed by atoms with van der Waals surface area (Å²) in [4.78, 5) is 21.6. The highest BCUT2D eigenvalue weighted by Crippen LogP contribution is 2.28. The van der Waals surface area contributed by atoms with Crippen LogP contribution in [0.15, 0.2) is 30.6 Å². The van der Waals surface area contributed by atoms with Gasteiger partial charge in [-0.05, 0) is 70.6 Å². The number of imidazole rings is 1. The van der Waals surface area contributed by atoms with E-state index in [0.29, 0.717) is 10.9 Å². The van der Waals surface area contributed by atoms with Gasteiger partial charge in [0.25, 0.3) is 5.91 Å². The second-order valence-electron chi connectivity index (χ2n) is 7.66. The Labute approximate surface area is 166 Å². The smallest absolute Gasteiger partial charge is 0.254 e. The average Bonchev–Trinajstić information content (AvgIpc) is 3.09. The maximum absolute atomic E-state index is 12.9. The van der Waals surface area contributed by atoms with Gasteiger partial charge >= 0.3 is 0 Å². The van der Waals surface area contributed by atoms with Gasteiger partial charge in [-0.2, -0.15) is 0 Å². The first-order valence-electron chi connectivity index (χ1n) is 9.67. The number of halogens is 1. The van der Waals surface area contributed by atoms with Gasteiger partial charge in [-0.15, -0.1) is 0 Å². The first-order valence-corrected chi connectivity index (χ1v) is 10.0. The van der Waals surface area contributed by atoms with E-state index in [9.17, 15) is 4.79 Å². The number of hydrogen-bond donors (Lipinski definition) is 0. The van der Waals surface area contributed by atoms with Crippen LogP contribution in [0.5, 0.6) is 0 Å². The third-order valence-corrected chi connectivity index (χ3v) is 5.55. The van der Waals surface area contributed by atoms with Crippen LogP contribution in [0.1, 0.15) is 46.9 Å². The standard InChI is InChI=1S/C21H29ClN4O/c1-16-15-18(22)5-6-19(16)21(27)26-12-7-17(8-13-26)20-23-9-14-25(20)11-4-10-24(2)3/h5-6,9,14-15,17H,4,7-8,10-13H2,1-3H3. The largest absolute Gasteiger partial charge is 0.339 e. The van der Waals surface area contributed by atoms with Crippen molar-refractivity contribution in [1.29, 1.82) is 0 Å². The predicted molar refractivity (Wildman–Crippen MR) is 109 cm³/mol. The summed E-state index contributed by atoms with van der Waals surface area (Å²) in [6.07, 6.45) is 7.02. The minimum atomic E-state index is 0.108. The van der Waals surface area contributed by atoms with Crippen molar-refractivity contribution in [1.82, 2.24) is 19.4 Å². The highest BCUT2D eigenvalue weighted by atomic mass is 35.5. The lowest BCUT2D eigenvalue weighted by molar-refractivity contribution is 0.0709. The Hall–Kier alpha value is -1.85. The van der Waals surface area contributed by atoms with Crippen LogP contribution in [0.2, 0.25) is 5.02 Å². The molecule has 0 saturated carbocycles. The van der Waals surface area contributed by atoms with Crippen molar-refractivity contribution >= 4 is 17.5 Å². The number of aryl methyl sites for hydroxylation is 2. The SMILES string of the molecule is Cc1cc(Cl)ccc1C(=O)N1CCC(c2nccn2CCCN(C)C)CC1. The molecule has 2 heterocycles. The molecular weight excluding hydrogens is 360 g/mol. The zero-order valence-corrected chi connectivity index (χ0v) is 17.2. The van der Waals surface area contributed by atoms with Gasteiger partial charge < -0.3 is 14.4 Å². The van der Waals surface area contributed by atoms with E-state index < -0.39 is 0 Å².